The smallest absolute Gasteiger partial charge is 0.226 e. The van der Waals surface area contributed by atoms with Gasteiger partial charge in [0, 0.05) is 13.3 Å². The van der Waals surface area contributed by atoms with Crippen molar-refractivity contribution in [2.75, 3.05) is 13.7 Å². The summed E-state index contributed by atoms with van der Waals surface area (Å²) >= 11 is 0. The Hall–Kier alpha value is -2.01. The molecule has 0 fully saturated rings. The number of hydrogen-bond acceptors (Lipinski definition) is 4. The number of aldehydes is 1. The quantitative estimate of drug-likeness (QED) is 0.583. The second-order valence-electron chi connectivity index (χ2n) is 3.26. The van der Waals surface area contributed by atoms with Crippen LogP contribution in [0.2, 0.25) is 0 Å². The Morgan fingerprint density at radius 2 is 2.35 bits per heavy atom. The lowest BCUT2D eigenvalue weighted by molar-refractivity contribution is -0.122. The van der Waals surface area contributed by atoms with Crippen molar-refractivity contribution in [2.45, 2.75) is 6.42 Å². The monoisotopic (exact) mass is 234 g/mol. The SMILES string of the molecule is COCCC(=O)NC(C=O)=Cc1ccccn1. The van der Waals surface area contributed by atoms with Crippen LogP contribution in [-0.2, 0) is 14.3 Å². The Labute approximate surface area is 99.5 Å². The van der Waals surface area contributed by atoms with Crippen molar-refractivity contribution in [1.29, 1.82) is 0 Å². The molecule has 0 bridgehead atoms. The lowest BCUT2D eigenvalue weighted by Gasteiger charge is -2.03. The average Bonchev–Trinajstić information content (AvgIpc) is 2.36. The van der Waals surface area contributed by atoms with E-state index in [1.165, 1.54) is 13.2 Å². The van der Waals surface area contributed by atoms with Crippen molar-refractivity contribution in [2.24, 2.45) is 0 Å². The third kappa shape index (κ3) is 5.03. The van der Waals surface area contributed by atoms with Crippen molar-refractivity contribution in [1.82, 2.24) is 10.3 Å². The van der Waals surface area contributed by atoms with Crippen LogP contribution in [0.1, 0.15) is 12.1 Å². The van der Waals surface area contributed by atoms with E-state index in [9.17, 15) is 9.59 Å². The largest absolute Gasteiger partial charge is 0.384 e. The van der Waals surface area contributed by atoms with Gasteiger partial charge in [0.1, 0.15) is 0 Å². The summed E-state index contributed by atoms with van der Waals surface area (Å²) in [5.74, 6) is -0.263. The molecule has 5 nitrogen and oxygen atoms in total. The first-order chi connectivity index (χ1) is 8.26. The summed E-state index contributed by atoms with van der Waals surface area (Å²) in [6.07, 6.45) is 3.92. The maximum atomic E-state index is 11.4. The molecule has 0 aromatic carbocycles. The van der Waals surface area contributed by atoms with E-state index in [0.717, 1.165) is 0 Å². The summed E-state index contributed by atoms with van der Waals surface area (Å²) in [4.78, 5) is 26.2. The Morgan fingerprint density at radius 3 is 2.94 bits per heavy atom. The molecule has 0 unspecified atom stereocenters. The second kappa shape index (κ2) is 7.29. The highest BCUT2D eigenvalue weighted by Gasteiger charge is 2.03. The van der Waals surface area contributed by atoms with Crippen molar-refractivity contribution < 1.29 is 14.3 Å². The van der Waals surface area contributed by atoms with E-state index in [2.05, 4.69) is 10.3 Å². The molecule has 1 aromatic rings. The fraction of sp³-hybridized carbons (Fsp3) is 0.250. The molecule has 0 atom stereocenters. The predicted molar refractivity (Wildman–Crippen MR) is 62.9 cm³/mol. The molecule has 0 aliphatic rings. The van der Waals surface area contributed by atoms with E-state index >= 15 is 0 Å². The summed E-state index contributed by atoms with van der Waals surface area (Å²) in [5, 5.41) is 2.48. The number of allylic oxidation sites excluding steroid dienone is 1. The number of carbonyl (C=O) groups excluding carboxylic acids is 2. The van der Waals surface area contributed by atoms with E-state index in [4.69, 9.17) is 4.74 Å². The van der Waals surface area contributed by atoms with Gasteiger partial charge < -0.3 is 10.1 Å². The maximum Gasteiger partial charge on any atom is 0.226 e. The Morgan fingerprint density at radius 1 is 1.53 bits per heavy atom. The number of ether oxygens (including phenoxy) is 1. The number of carbonyl (C=O) groups is 2. The molecule has 17 heavy (non-hydrogen) atoms. The van der Waals surface area contributed by atoms with Gasteiger partial charge in [-0.25, -0.2) is 0 Å². The van der Waals surface area contributed by atoms with Crippen molar-refractivity contribution in [3.05, 3.63) is 35.8 Å². The van der Waals surface area contributed by atoms with Crippen LogP contribution in [0.5, 0.6) is 0 Å². The van der Waals surface area contributed by atoms with Crippen LogP contribution in [0.25, 0.3) is 6.08 Å². The first-order valence-corrected chi connectivity index (χ1v) is 5.13. The number of methoxy groups -OCH3 is 1. The standard InChI is InChI=1S/C12H14N2O3/c1-17-7-5-12(16)14-11(9-15)8-10-4-2-3-6-13-10/h2-4,6,8-9H,5,7H2,1H3,(H,14,16). The molecule has 90 valence electrons. The van der Waals surface area contributed by atoms with E-state index in [0.29, 0.717) is 18.6 Å². The normalized spacial score (nSPS) is 11.0. The zero-order chi connectivity index (χ0) is 12.5. The molecule has 0 spiro atoms. The third-order valence-electron chi connectivity index (χ3n) is 1.94. The number of rotatable bonds is 6. The minimum atomic E-state index is -0.263. The van der Waals surface area contributed by atoms with Crippen molar-refractivity contribution in [3.8, 4) is 0 Å². The summed E-state index contributed by atoms with van der Waals surface area (Å²) in [6, 6.07) is 5.31. The highest BCUT2D eigenvalue weighted by atomic mass is 16.5. The van der Waals surface area contributed by atoms with Gasteiger partial charge in [-0.3, -0.25) is 14.6 Å². The van der Waals surface area contributed by atoms with Gasteiger partial charge in [0.15, 0.2) is 6.29 Å². The van der Waals surface area contributed by atoms with Gasteiger partial charge in [0.2, 0.25) is 5.91 Å². The molecule has 1 N–H and O–H groups in total. The number of pyridine rings is 1. The zero-order valence-electron chi connectivity index (χ0n) is 9.55. The molecule has 1 amide bonds. The summed E-state index contributed by atoms with van der Waals surface area (Å²) in [7, 11) is 1.51. The number of nitrogens with one attached hydrogen (secondary N) is 1. The van der Waals surface area contributed by atoms with Gasteiger partial charge >= 0.3 is 0 Å². The minimum absolute atomic E-state index is 0.185. The first kappa shape index (κ1) is 13.1. The summed E-state index contributed by atoms with van der Waals surface area (Å²) in [6.45, 7) is 0.321. The van der Waals surface area contributed by atoms with E-state index in [-0.39, 0.29) is 18.0 Å². The van der Waals surface area contributed by atoms with Crippen molar-refractivity contribution in [3.63, 3.8) is 0 Å². The van der Waals surface area contributed by atoms with Crippen LogP contribution in [0, 0.1) is 0 Å². The Bertz CT molecular complexity index is 401. The number of hydrogen-bond donors (Lipinski definition) is 1. The molecule has 5 heteroatoms. The lowest BCUT2D eigenvalue weighted by atomic mass is 10.3. The lowest BCUT2D eigenvalue weighted by Crippen LogP contribution is -2.24. The summed E-state index contributed by atoms with van der Waals surface area (Å²) in [5.41, 5.74) is 0.798. The molecule has 0 saturated heterocycles. The fourth-order valence-corrected chi connectivity index (χ4v) is 1.14. The topological polar surface area (TPSA) is 68.3 Å². The maximum absolute atomic E-state index is 11.4. The molecule has 0 aliphatic carbocycles. The van der Waals surface area contributed by atoms with Gasteiger partial charge in [-0.1, -0.05) is 6.07 Å². The molecular formula is C12H14N2O3. The fourth-order valence-electron chi connectivity index (χ4n) is 1.14. The number of aromatic nitrogens is 1. The van der Waals surface area contributed by atoms with E-state index < -0.39 is 0 Å². The highest BCUT2D eigenvalue weighted by Crippen LogP contribution is 1.99. The average molecular weight is 234 g/mol. The predicted octanol–water partition coefficient (Wildman–Crippen LogP) is 0.774. The summed E-state index contributed by atoms with van der Waals surface area (Å²) < 4.78 is 4.77. The third-order valence-corrected chi connectivity index (χ3v) is 1.94. The molecule has 0 saturated carbocycles. The van der Waals surface area contributed by atoms with E-state index in [1.807, 2.05) is 0 Å². The Balaban J connectivity index is 2.63. The molecule has 1 heterocycles. The van der Waals surface area contributed by atoms with Crippen LogP contribution in [0.15, 0.2) is 30.1 Å². The van der Waals surface area contributed by atoms with Crippen LogP contribution in [-0.4, -0.2) is 30.9 Å². The van der Waals surface area contributed by atoms with Crippen LogP contribution < -0.4 is 5.32 Å². The Kier molecular flexibility index (Phi) is 5.60. The first-order valence-electron chi connectivity index (χ1n) is 5.13. The minimum Gasteiger partial charge on any atom is -0.384 e. The molecule has 1 rings (SSSR count). The van der Waals surface area contributed by atoms with E-state index in [1.54, 1.807) is 24.4 Å². The van der Waals surface area contributed by atoms with Gasteiger partial charge in [-0.15, -0.1) is 0 Å². The van der Waals surface area contributed by atoms with Crippen LogP contribution >= 0.6 is 0 Å². The van der Waals surface area contributed by atoms with Crippen molar-refractivity contribution >= 4 is 18.3 Å². The second-order valence-corrected chi connectivity index (χ2v) is 3.26. The molecule has 0 radical (unpaired) electrons. The number of nitrogens with zero attached hydrogens (tertiary/aromatic N) is 1. The zero-order valence-corrected chi connectivity index (χ0v) is 9.55. The molecule has 1 aromatic heterocycles. The van der Waals surface area contributed by atoms with Gasteiger partial charge in [0.05, 0.1) is 24.4 Å². The van der Waals surface area contributed by atoms with Gasteiger partial charge in [-0.2, -0.15) is 0 Å². The molecular weight excluding hydrogens is 220 g/mol. The highest BCUT2D eigenvalue weighted by molar-refractivity contribution is 5.89. The van der Waals surface area contributed by atoms with Gasteiger partial charge in [-0.05, 0) is 18.2 Å². The van der Waals surface area contributed by atoms with Crippen LogP contribution in [0.4, 0.5) is 0 Å². The van der Waals surface area contributed by atoms with Gasteiger partial charge in [0.25, 0.3) is 0 Å². The number of amides is 1. The molecule has 0 aliphatic heterocycles. The van der Waals surface area contributed by atoms with Crippen LogP contribution in [0.3, 0.4) is 0 Å².